The molecular weight excluding hydrogens is 216 g/mol. The van der Waals surface area contributed by atoms with Crippen LogP contribution in [0, 0.1) is 0 Å². The van der Waals surface area contributed by atoms with Gasteiger partial charge < -0.3 is 10.3 Å². The van der Waals surface area contributed by atoms with E-state index in [0.29, 0.717) is 11.3 Å². The number of carbonyl (C=O) groups is 1. The van der Waals surface area contributed by atoms with Crippen LogP contribution in [-0.2, 0) is 0 Å². The van der Waals surface area contributed by atoms with E-state index in [0.717, 1.165) is 13.0 Å². The number of nitrogens with one attached hydrogen (secondary N) is 1. The molecule has 1 amide bonds. The molecule has 0 radical (unpaired) electrons. The molecule has 0 aliphatic carbocycles. The molecule has 0 aliphatic heterocycles. The van der Waals surface area contributed by atoms with Crippen molar-refractivity contribution in [1.82, 2.24) is 9.88 Å². The predicted molar refractivity (Wildman–Crippen MR) is 68.5 cm³/mol. The van der Waals surface area contributed by atoms with Gasteiger partial charge in [0, 0.05) is 18.8 Å². The van der Waals surface area contributed by atoms with E-state index in [1.165, 1.54) is 0 Å². The number of nitrogens with two attached hydrogens (primary N) is 1. The number of hydrogen-bond acceptors (Lipinski definition) is 4. The van der Waals surface area contributed by atoms with Gasteiger partial charge in [-0.2, -0.15) is 0 Å². The Morgan fingerprint density at radius 3 is 2.82 bits per heavy atom. The van der Waals surface area contributed by atoms with Crippen molar-refractivity contribution in [1.29, 1.82) is 0 Å². The summed E-state index contributed by atoms with van der Waals surface area (Å²) in [5.41, 5.74) is 3.62. The third kappa shape index (κ3) is 3.17. The highest BCUT2D eigenvalue weighted by Crippen LogP contribution is 2.16. The van der Waals surface area contributed by atoms with E-state index in [1.54, 1.807) is 18.5 Å². The molecule has 0 unspecified atom stereocenters. The van der Waals surface area contributed by atoms with Gasteiger partial charge in [-0.1, -0.05) is 6.92 Å². The molecule has 0 saturated carbocycles. The number of carbonyl (C=O) groups excluding carboxylic acids is 1. The first-order valence-electron chi connectivity index (χ1n) is 5.83. The number of rotatable bonds is 5. The van der Waals surface area contributed by atoms with Crippen molar-refractivity contribution >= 4 is 11.6 Å². The molecule has 1 aromatic heterocycles. The molecule has 0 aromatic carbocycles. The van der Waals surface area contributed by atoms with Crippen LogP contribution in [0.1, 0.15) is 37.6 Å². The number of amides is 1. The van der Waals surface area contributed by atoms with Crippen LogP contribution in [0.4, 0.5) is 5.69 Å². The lowest BCUT2D eigenvalue weighted by Crippen LogP contribution is -2.38. The van der Waals surface area contributed by atoms with Crippen LogP contribution in [-0.4, -0.2) is 28.4 Å². The molecule has 94 valence electrons. The number of hydrazine groups is 1. The van der Waals surface area contributed by atoms with Crippen molar-refractivity contribution in [2.45, 2.75) is 33.2 Å². The average Bonchev–Trinajstić information content (AvgIpc) is 2.34. The highest BCUT2D eigenvalue weighted by atomic mass is 16.2. The monoisotopic (exact) mass is 236 g/mol. The number of nitrogens with zero attached hydrogens (tertiary/aromatic N) is 2. The summed E-state index contributed by atoms with van der Waals surface area (Å²) in [5, 5.41) is 0. The van der Waals surface area contributed by atoms with E-state index in [4.69, 9.17) is 5.84 Å². The first kappa shape index (κ1) is 13.4. The van der Waals surface area contributed by atoms with Gasteiger partial charge >= 0.3 is 0 Å². The average molecular weight is 236 g/mol. The molecule has 5 nitrogen and oxygen atoms in total. The third-order valence-electron chi connectivity index (χ3n) is 2.56. The zero-order chi connectivity index (χ0) is 12.8. The molecule has 0 saturated heterocycles. The fourth-order valence-corrected chi connectivity index (χ4v) is 1.69. The second-order valence-electron chi connectivity index (χ2n) is 4.16. The summed E-state index contributed by atoms with van der Waals surface area (Å²) in [5.74, 6) is 5.36. The third-order valence-corrected chi connectivity index (χ3v) is 2.56. The van der Waals surface area contributed by atoms with Gasteiger partial charge in [-0.05, 0) is 26.3 Å². The van der Waals surface area contributed by atoms with Crippen LogP contribution in [0.2, 0.25) is 0 Å². The Balaban J connectivity index is 3.00. The van der Waals surface area contributed by atoms with Crippen LogP contribution in [0.25, 0.3) is 0 Å². The van der Waals surface area contributed by atoms with Crippen molar-refractivity contribution in [3.8, 4) is 0 Å². The normalized spacial score (nSPS) is 10.4. The lowest BCUT2D eigenvalue weighted by Gasteiger charge is -2.27. The number of aromatic nitrogens is 1. The molecule has 5 heteroatoms. The number of anilines is 1. The molecule has 0 spiro atoms. The highest BCUT2D eigenvalue weighted by Gasteiger charge is 2.20. The van der Waals surface area contributed by atoms with Gasteiger partial charge in [-0.25, -0.2) is 0 Å². The molecule has 3 N–H and O–H groups in total. The van der Waals surface area contributed by atoms with Gasteiger partial charge in [-0.3, -0.25) is 15.6 Å². The Bertz CT molecular complexity index is 379. The predicted octanol–water partition coefficient (Wildman–Crippen LogP) is 1.63. The van der Waals surface area contributed by atoms with E-state index in [-0.39, 0.29) is 11.9 Å². The zero-order valence-corrected chi connectivity index (χ0v) is 10.6. The number of hydrogen-bond donors (Lipinski definition) is 2. The lowest BCUT2D eigenvalue weighted by atomic mass is 10.1. The summed E-state index contributed by atoms with van der Waals surface area (Å²) in [6.07, 6.45) is 4.08. The number of nitrogen functional groups attached to an aromatic ring is 1. The second kappa shape index (κ2) is 6.20. The maximum Gasteiger partial charge on any atom is 0.256 e. The Kier molecular flexibility index (Phi) is 4.90. The number of pyridine rings is 1. The molecule has 0 aliphatic rings. The topological polar surface area (TPSA) is 71.2 Å². The van der Waals surface area contributed by atoms with Crippen LogP contribution in [0.5, 0.6) is 0 Å². The van der Waals surface area contributed by atoms with E-state index >= 15 is 0 Å². The molecule has 0 atom stereocenters. The summed E-state index contributed by atoms with van der Waals surface area (Å²) in [4.78, 5) is 18.1. The Hall–Kier alpha value is -1.62. The van der Waals surface area contributed by atoms with Gasteiger partial charge in [0.05, 0.1) is 17.4 Å². The van der Waals surface area contributed by atoms with E-state index < -0.39 is 0 Å². The molecule has 0 fully saturated rings. The molecule has 0 bridgehead atoms. The first-order chi connectivity index (χ1) is 8.11. The molecule has 1 rings (SSSR count). The van der Waals surface area contributed by atoms with Crippen LogP contribution >= 0.6 is 0 Å². The van der Waals surface area contributed by atoms with E-state index in [1.807, 2.05) is 18.7 Å². The Labute approximate surface area is 102 Å². The van der Waals surface area contributed by atoms with Crippen molar-refractivity contribution in [2.24, 2.45) is 5.84 Å². The van der Waals surface area contributed by atoms with Gasteiger partial charge in [0.25, 0.3) is 5.91 Å². The highest BCUT2D eigenvalue weighted by molar-refractivity contribution is 5.99. The SMILES string of the molecule is CCCN(C(=O)c1ccncc1NN)C(C)C. The lowest BCUT2D eigenvalue weighted by molar-refractivity contribution is 0.0707. The summed E-state index contributed by atoms with van der Waals surface area (Å²) in [7, 11) is 0. The van der Waals surface area contributed by atoms with E-state index in [2.05, 4.69) is 17.3 Å². The largest absolute Gasteiger partial charge is 0.336 e. The van der Waals surface area contributed by atoms with Crippen molar-refractivity contribution in [3.63, 3.8) is 0 Å². The minimum absolute atomic E-state index is 0.0165. The van der Waals surface area contributed by atoms with Crippen LogP contribution in [0.3, 0.4) is 0 Å². The summed E-state index contributed by atoms with van der Waals surface area (Å²) in [6, 6.07) is 1.85. The summed E-state index contributed by atoms with van der Waals surface area (Å²) < 4.78 is 0. The maximum atomic E-state index is 12.4. The van der Waals surface area contributed by atoms with Crippen molar-refractivity contribution in [2.75, 3.05) is 12.0 Å². The Morgan fingerprint density at radius 2 is 2.29 bits per heavy atom. The second-order valence-corrected chi connectivity index (χ2v) is 4.16. The van der Waals surface area contributed by atoms with Crippen LogP contribution < -0.4 is 11.3 Å². The minimum Gasteiger partial charge on any atom is -0.336 e. The van der Waals surface area contributed by atoms with Crippen molar-refractivity contribution < 1.29 is 4.79 Å². The quantitative estimate of drug-likeness (QED) is 0.602. The molecule has 1 heterocycles. The minimum atomic E-state index is -0.0165. The van der Waals surface area contributed by atoms with E-state index in [9.17, 15) is 4.79 Å². The standard InChI is InChI=1S/C12H20N4O/c1-4-7-16(9(2)3)12(17)10-5-6-14-8-11(10)15-13/h5-6,8-9,15H,4,7,13H2,1-3H3. The Morgan fingerprint density at radius 1 is 1.59 bits per heavy atom. The van der Waals surface area contributed by atoms with Gasteiger partial charge in [-0.15, -0.1) is 0 Å². The smallest absolute Gasteiger partial charge is 0.256 e. The summed E-state index contributed by atoms with van der Waals surface area (Å²) >= 11 is 0. The van der Waals surface area contributed by atoms with Gasteiger partial charge in [0.1, 0.15) is 0 Å². The van der Waals surface area contributed by atoms with Gasteiger partial charge in [0.2, 0.25) is 0 Å². The van der Waals surface area contributed by atoms with Crippen molar-refractivity contribution in [3.05, 3.63) is 24.0 Å². The van der Waals surface area contributed by atoms with Crippen LogP contribution in [0.15, 0.2) is 18.5 Å². The molecule has 17 heavy (non-hydrogen) atoms. The first-order valence-corrected chi connectivity index (χ1v) is 5.83. The fourth-order valence-electron chi connectivity index (χ4n) is 1.69. The van der Waals surface area contributed by atoms with Gasteiger partial charge in [0.15, 0.2) is 0 Å². The molecule has 1 aromatic rings. The zero-order valence-electron chi connectivity index (χ0n) is 10.6. The molecular formula is C12H20N4O. The maximum absolute atomic E-state index is 12.4. The summed E-state index contributed by atoms with van der Waals surface area (Å²) in [6.45, 7) is 6.80. The fraction of sp³-hybridized carbons (Fsp3) is 0.500.